The molecule has 0 spiro atoms. The van der Waals surface area contributed by atoms with Gasteiger partial charge in [0.25, 0.3) is 0 Å². The van der Waals surface area contributed by atoms with Crippen LogP contribution in [0, 0.1) is 0 Å². The molecule has 0 aromatic rings. The van der Waals surface area contributed by atoms with Gasteiger partial charge >= 0.3 is 5.97 Å². The van der Waals surface area contributed by atoms with Gasteiger partial charge in [0.15, 0.2) is 9.84 Å². The van der Waals surface area contributed by atoms with Crippen LogP contribution < -0.4 is 0 Å². The lowest BCUT2D eigenvalue weighted by Gasteiger charge is -2.26. The van der Waals surface area contributed by atoms with Gasteiger partial charge in [0.05, 0.1) is 11.5 Å². The minimum Gasteiger partial charge on any atom is -0.464 e. The van der Waals surface area contributed by atoms with Gasteiger partial charge in [-0.25, -0.2) is 8.42 Å². The van der Waals surface area contributed by atoms with E-state index in [0.29, 0.717) is 32.7 Å². The van der Waals surface area contributed by atoms with Crippen molar-refractivity contribution in [1.29, 1.82) is 0 Å². The summed E-state index contributed by atoms with van der Waals surface area (Å²) in [5.74, 6) is 0.324. The van der Waals surface area contributed by atoms with E-state index >= 15 is 0 Å². The molecular formula is C20H39NO4S. The molecule has 1 aliphatic rings. The molecule has 154 valence electrons. The predicted octanol–water partition coefficient (Wildman–Crippen LogP) is 3.96. The second-order valence-electron chi connectivity index (χ2n) is 7.50. The Morgan fingerprint density at radius 3 is 1.88 bits per heavy atom. The number of esters is 1. The summed E-state index contributed by atoms with van der Waals surface area (Å²) in [6, 6.07) is 0. The molecule has 0 aromatic carbocycles. The van der Waals surface area contributed by atoms with Crippen LogP contribution in [0.25, 0.3) is 0 Å². The van der Waals surface area contributed by atoms with Crippen LogP contribution in [0.15, 0.2) is 0 Å². The molecule has 0 saturated carbocycles. The molecule has 1 rings (SSSR count). The van der Waals surface area contributed by atoms with E-state index in [1.54, 1.807) is 0 Å². The van der Waals surface area contributed by atoms with E-state index in [1.165, 1.54) is 57.8 Å². The van der Waals surface area contributed by atoms with Gasteiger partial charge in [0.2, 0.25) is 0 Å². The van der Waals surface area contributed by atoms with Crippen molar-refractivity contribution in [1.82, 2.24) is 4.90 Å². The van der Waals surface area contributed by atoms with Gasteiger partial charge in [-0.15, -0.1) is 0 Å². The smallest absolute Gasteiger partial charge is 0.305 e. The van der Waals surface area contributed by atoms with Crippen molar-refractivity contribution in [2.75, 3.05) is 37.7 Å². The maximum absolute atomic E-state index is 11.7. The van der Waals surface area contributed by atoms with Crippen LogP contribution in [0.3, 0.4) is 0 Å². The van der Waals surface area contributed by atoms with E-state index in [1.807, 2.05) is 0 Å². The number of rotatable bonds is 15. The van der Waals surface area contributed by atoms with E-state index in [-0.39, 0.29) is 17.5 Å². The molecule has 1 heterocycles. The highest BCUT2D eigenvalue weighted by molar-refractivity contribution is 7.91. The molecule has 0 radical (unpaired) electrons. The zero-order valence-electron chi connectivity index (χ0n) is 16.7. The first-order chi connectivity index (χ1) is 12.5. The summed E-state index contributed by atoms with van der Waals surface area (Å²) < 4.78 is 28.0. The molecule has 1 aliphatic heterocycles. The normalized spacial score (nSPS) is 17.3. The van der Waals surface area contributed by atoms with Gasteiger partial charge in [-0.05, 0) is 6.42 Å². The third kappa shape index (κ3) is 12.7. The van der Waals surface area contributed by atoms with Gasteiger partial charge in [-0.3, -0.25) is 9.69 Å². The summed E-state index contributed by atoms with van der Waals surface area (Å²) in [7, 11) is -2.84. The average Bonchev–Trinajstić information content (AvgIpc) is 2.61. The summed E-state index contributed by atoms with van der Waals surface area (Å²) >= 11 is 0. The maximum atomic E-state index is 11.7. The van der Waals surface area contributed by atoms with Gasteiger partial charge in [0, 0.05) is 26.1 Å². The maximum Gasteiger partial charge on any atom is 0.305 e. The Hall–Kier alpha value is -0.620. The van der Waals surface area contributed by atoms with Crippen LogP contribution in [-0.4, -0.2) is 57.0 Å². The molecule has 0 amide bonds. The summed E-state index contributed by atoms with van der Waals surface area (Å²) in [6.07, 6.45) is 14.5. The summed E-state index contributed by atoms with van der Waals surface area (Å²) in [5, 5.41) is 0. The average molecular weight is 390 g/mol. The predicted molar refractivity (Wildman–Crippen MR) is 107 cm³/mol. The van der Waals surface area contributed by atoms with Crippen LogP contribution in [0.1, 0.15) is 84.0 Å². The number of carbonyl (C=O) groups excluding carboxylic acids is 1. The third-order valence-corrected chi connectivity index (χ3v) is 6.70. The number of nitrogens with zero attached hydrogens (tertiary/aromatic N) is 1. The molecule has 1 fully saturated rings. The first-order valence-corrected chi connectivity index (χ1v) is 12.4. The fourth-order valence-electron chi connectivity index (χ4n) is 3.27. The second-order valence-corrected chi connectivity index (χ2v) is 9.80. The van der Waals surface area contributed by atoms with Crippen LogP contribution in [0.4, 0.5) is 0 Å². The molecule has 0 unspecified atom stereocenters. The molecule has 5 nitrogen and oxygen atoms in total. The monoisotopic (exact) mass is 389 g/mol. The molecular weight excluding hydrogens is 350 g/mol. The largest absolute Gasteiger partial charge is 0.464 e. The Kier molecular flexibility index (Phi) is 13.0. The Morgan fingerprint density at radius 2 is 1.35 bits per heavy atom. The Labute approximate surface area is 160 Å². The number of hydrogen-bond acceptors (Lipinski definition) is 5. The van der Waals surface area contributed by atoms with E-state index in [0.717, 1.165) is 12.8 Å². The van der Waals surface area contributed by atoms with Gasteiger partial charge < -0.3 is 4.74 Å². The quantitative estimate of drug-likeness (QED) is 0.313. The van der Waals surface area contributed by atoms with Crippen LogP contribution in [-0.2, 0) is 19.4 Å². The molecule has 0 atom stereocenters. The highest BCUT2D eigenvalue weighted by atomic mass is 32.2. The van der Waals surface area contributed by atoms with E-state index in [2.05, 4.69) is 11.8 Å². The molecule has 0 N–H and O–H groups in total. The van der Waals surface area contributed by atoms with E-state index < -0.39 is 9.84 Å². The van der Waals surface area contributed by atoms with Crippen LogP contribution in [0.5, 0.6) is 0 Å². The minimum atomic E-state index is -2.84. The van der Waals surface area contributed by atoms with E-state index in [9.17, 15) is 13.2 Å². The summed E-state index contributed by atoms with van der Waals surface area (Å²) in [6.45, 7) is 4.37. The highest BCUT2D eigenvalue weighted by Gasteiger charge is 2.21. The standard InChI is InChI=1S/C20H39NO4S/c1-2-3-4-5-6-7-8-9-10-11-12-13-20(22)25-17-14-21-15-18-26(23,24)19-16-21/h2-19H2,1H3. The fraction of sp³-hybridized carbons (Fsp3) is 0.950. The summed E-state index contributed by atoms with van der Waals surface area (Å²) in [5.41, 5.74) is 0. The molecule has 0 bridgehead atoms. The van der Waals surface area contributed by atoms with Gasteiger partial charge in [-0.1, -0.05) is 71.1 Å². The van der Waals surface area contributed by atoms with Gasteiger partial charge in [-0.2, -0.15) is 0 Å². The molecule has 0 aliphatic carbocycles. The first-order valence-electron chi connectivity index (χ1n) is 10.6. The minimum absolute atomic E-state index is 0.120. The van der Waals surface area contributed by atoms with Crippen LogP contribution in [0.2, 0.25) is 0 Å². The van der Waals surface area contributed by atoms with Crippen molar-refractivity contribution in [2.24, 2.45) is 0 Å². The number of carbonyl (C=O) groups is 1. The topological polar surface area (TPSA) is 63.7 Å². The van der Waals surface area contributed by atoms with Crippen molar-refractivity contribution in [3.05, 3.63) is 0 Å². The fourth-order valence-corrected chi connectivity index (χ4v) is 4.55. The number of ether oxygens (including phenoxy) is 1. The van der Waals surface area contributed by atoms with Crippen molar-refractivity contribution in [3.8, 4) is 0 Å². The Morgan fingerprint density at radius 1 is 0.846 bits per heavy atom. The molecule has 26 heavy (non-hydrogen) atoms. The molecule has 0 aromatic heterocycles. The number of sulfone groups is 1. The van der Waals surface area contributed by atoms with E-state index in [4.69, 9.17) is 4.74 Å². The van der Waals surface area contributed by atoms with Crippen molar-refractivity contribution in [2.45, 2.75) is 84.0 Å². The lowest BCUT2D eigenvalue weighted by Crippen LogP contribution is -2.41. The lowest BCUT2D eigenvalue weighted by molar-refractivity contribution is -0.144. The number of unbranched alkanes of at least 4 members (excludes halogenated alkanes) is 10. The highest BCUT2D eigenvalue weighted by Crippen LogP contribution is 2.12. The summed E-state index contributed by atoms with van der Waals surface area (Å²) in [4.78, 5) is 13.8. The zero-order chi connectivity index (χ0) is 19.1. The third-order valence-electron chi connectivity index (χ3n) is 5.09. The zero-order valence-corrected chi connectivity index (χ0v) is 17.5. The second kappa shape index (κ2) is 14.4. The first kappa shape index (κ1) is 23.4. The SMILES string of the molecule is CCCCCCCCCCCCCC(=O)OCCN1CCS(=O)(=O)CC1. The molecule has 6 heteroatoms. The Bertz CT molecular complexity index is 450. The van der Waals surface area contributed by atoms with Crippen molar-refractivity contribution >= 4 is 15.8 Å². The van der Waals surface area contributed by atoms with Crippen molar-refractivity contribution < 1.29 is 17.9 Å². The van der Waals surface area contributed by atoms with Crippen molar-refractivity contribution in [3.63, 3.8) is 0 Å². The van der Waals surface area contributed by atoms with Crippen LogP contribution >= 0.6 is 0 Å². The lowest BCUT2D eigenvalue weighted by atomic mass is 10.1. The molecule has 1 saturated heterocycles. The number of hydrogen-bond donors (Lipinski definition) is 0. The Balaban J connectivity index is 1.84. The van der Waals surface area contributed by atoms with Gasteiger partial charge in [0.1, 0.15) is 6.61 Å².